The average molecular weight is 487 g/mol. The standard InChI is InChI=1S/C25H25ClF2N4O2/c1-16-29-23(15-34-2)20(14-19-21(26)4-3-5-22(19)28)24(30-16)31-10-12-32(13-11-31)25(33)17-6-8-18(27)9-7-17/h3-9H,10-15H2,1-2H3. The van der Waals surface area contributed by atoms with Crippen LogP contribution in [0, 0.1) is 18.6 Å². The highest BCUT2D eigenvalue weighted by Crippen LogP contribution is 2.30. The molecule has 0 aliphatic carbocycles. The van der Waals surface area contributed by atoms with E-state index in [9.17, 15) is 13.6 Å². The van der Waals surface area contributed by atoms with E-state index in [-0.39, 0.29) is 24.8 Å². The quantitative estimate of drug-likeness (QED) is 0.516. The smallest absolute Gasteiger partial charge is 0.253 e. The molecule has 0 saturated carbocycles. The van der Waals surface area contributed by atoms with E-state index in [1.54, 1.807) is 31.1 Å². The van der Waals surface area contributed by atoms with Gasteiger partial charge in [-0.15, -0.1) is 0 Å². The maximum absolute atomic E-state index is 14.6. The van der Waals surface area contributed by atoms with Crippen molar-refractivity contribution in [2.45, 2.75) is 20.0 Å². The summed E-state index contributed by atoms with van der Waals surface area (Å²) in [5.41, 5.74) is 2.25. The molecule has 6 nitrogen and oxygen atoms in total. The number of halogens is 3. The van der Waals surface area contributed by atoms with Crippen molar-refractivity contribution in [3.05, 3.63) is 87.3 Å². The lowest BCUT2D eigenvalue weighted by Crippen LogP contribution is -2.49. The molecule has 0 atom stereocenters. The number of anilines is 1. The van der Waals surface area contributed by atoms with Crippen LogP contribution < -0.4 is 4.90 Å². The third-order valence-corrected chi connectivity index (χ3v) is 6.19. The fraction of sp³-hybridized carbons (Fsp3) is 0.320. The zero-order valence-corrected chi connectivity index (χ0v) is 19.8. The zero-order chi connectivity index (χ0) is 24.2. The minimum Gasteiger partial charge on any atom is -0.378 e. The van der Waals surface area contributed by atoms with Crippen molar-refractivity contribution in [1.82, 2.24) is 14.9 Å². The molecule has 1 fully saturated rings. The number of hydrogen-bond acceptors (Lipinski definition) is 5. The second-order valence-corrected chi connectivity index (χ2v) is 8.52. The lowest BCUT2D eigenvalue weighted by atomic mass is 10.0. The maximum atomic E-state index is 14.6. The minimum absolute atomic E-state index is 0.142. The summed E-state index contributed by atoms with van der Waals surface area (Å²) in [5, 5.41) is 0.338. The summed E-state index contributed by atoms with van der Waals surface area (Å²) < 4.78 is 33.2. The fourth-order valence-corrected chi connectivity index (χ4v) is 4.34. The highest BCUT2D eigenvalue weighted by molar-refractivity contribution is 6.31. The number of hydrogen-bond donors (Lipinski definition) is 0. The lowest BCUT2D eigenvalue weighted by molar-refractivity contribution is 0.0746. The second kappa shape index (κ2) is 10.4. The lowest BCUT2D eigenvalue weighted by Gasteiger charge is -2.36. The van der Waals surface area contributed by atoms with Gasteiger partial charge in [0, 0.05) is 61.4 Å². The van der Waals surface area contributed by atoms with Crippen molar-refractivity contribution >= 4 is 23.3 Å². The van der Waals surface area contributed by atoms with Crippen LogP contribution in [0.3, 0.4) is 0 Å². The minimum atomic E-state index is -0.392. The van der Waals surface area contributed by atoms with Crippen molar-refractivity contribution in [2.75, 3.05) is 38.2 Å². The molecule has 1 aromatic heterocycles. The molecule has 0 bridgehead atoms. The van der Waals surface area contributed by atoms with Crippen LogP contribution >= 0.6 is 11.6 Å². The first-order valence-electron chi connectivity index (χ1n) is 11.0. The molecule has 2 aromatic carbocycles. The topological polar surface area (TPSA) is 58.6 Å². The van der Waals surface area contributed by atoms with Gasteiger partial charge in [0.1, 0.15) is 23.3 Å². The molecule has 3 aromatic rings. The van der Waals surface area contributed by atoms with Gasteiger partial charge in [-0.3, -0.25) is 4.79 Å². The molecule has 178 valence electrons. The predicted octanol–water partition coefficient (Wildman–Crippen LogP) is 4.42. The van der Waals surface area contributed by atoms with Gasteiger partial charge in [-0.25, -0.2) is 18.7 Å². The molecule has 4 rings (SSSR count). The van der Waals surface area contributed by atoms with Gasteiger partial charge in [0.15, 0.2) is 0 Å². The van der Waals surface area contributed by atoms with E-state index < -0.39 is 5.82 Å². The van der Waals surface area contributed by atoms with Gasteiger partial charge < -0.3 is 14.5 Å². The molecule has 34 heavy (non-hydrogen) atoms. The number of aromatic nitrogens is 2. The summed E-state index contributed by atoms with van der Waals surface area (Å²) in [5.74, 6) is 0.354. The van der Waals surface area contributed by atoms with Crippen LogP contribution in [0.25, 0.3) is 0 Å². The van der Waals surface area contributed by atoms with E-state index in [1.165, 1.54) is 30.3 Å². The maximum Gasteiger partial charge on any atom is 0.253 e. The molecule has 0 unspecified atom stereocenters. The SMILES string of the molecule is COCc1nc(C)nc(N2CCN(C(=O)c3ccc(F)cc3)CC2)c1Cc1c(F)cccc1Cl. The van der Waals surface area contributed by atoms with E-state index in [0.29, 0.717) is 59.7 Å². The predicted molar refractivity (Wildman–Crippen MR) is 126 cm³/mol. The van der Waals surface area contributed by atoms with E-state index >= 15 is 0 Å². The molecule has 1 saturated heterocycles. The number of rotatable bonds is 6. The van der Waals surface area contributed by atoms with E-state index in [0.717, 1.165) is 5.56 Å². The summed E-state index contributed by atoms with van der Waals surface area (Å²) in [4.78, 5) is 25.9. The molecule has 0 radical (unpaired) electrons. The Balaban J connectivity index is 1.60. The Kier molecular flexibility index (Phi) is 7.38. The number of benzene rings is 2. The van der Waals surface area contributed by atoms with Crippen LogP contribution in [0.2, 0.25) is 5.02 Å². The van der Waals surface area contributed by atoms with Gasteiger partial charge in [-0.05, 0) is 43.3 Å². The summed E-state index contributed by atoms with van der Waals surface area (Å²) in [6.07, 6.45) is 0.217. The summed E-state index contributed by atoms with van der Waals surface area (Å²) in [6.45, 7) is 4.07. The number of amides is 1. The normalized spacial score (nSPS) is 13.9. The largest absolute Gasteiger partial charge is 0.378 e. The van der Waals surface area contributed by atoms with Crippen molar-refractivity contribution < 1.29 is 18.3 Å². The van der Waals surface area contributed by atoms with Crippen molar-refractivity contribution in [3.8, 4) is 0 Å². The van der Waals surface area contributed by atoms with Crippen molar-refractivity contribution in [2.24, 2.45) is 0 Å². The molecule has 1 aliphatic rings. The summed E-state index contributed by atoms with van der Waals surface area (Å²) >= 11 is 6.31. The van der Waals surface area contributed by atoms with Crippen LogP contribution in [0.1, 0.15) is 33.0 Å². The first-order chi connectivity index (χ1) is 16.4. The Hall–Kier alpha value is -3.10. The van der Waals surface area contributed by atoms with Gasteiger partial charge in [-0.1, -0.05) is 17.7 Å². The van der Waals surface area contributed by atoms with Crippen LogP contribution in [-0.2, 0) is 17.8 Å². The number of ether oxygens (including phenoxy) is 1. The molecular formula is C25H25ClF2N4O2. The number of aryl methyl sites for hydroxylation is 1. The summed E-state index contributed by atoms with van der Waals surface area (Å²) in [6, 6.07) is 10.2. The first kappa shape index (κ1) is 24.0. The Bertz CT molecular complexity index is 1160. The summed E-state index contributed by atoms with van der Waals surface area (Å²) in [7, 11) is 1.58. The second-order valence-electron chi connectivity index (χ2n) is 8.12. The fourth-order valence-electron chi connectivity index (χ4n) is 4.11. The third kappa shape index (κ3) is 5.18. The molecule has 0 spiro atoms. The number of nitrogens with zero attached hydrogens (tertiary/aromatic N) is 4. The van der Waals surface area contributed by atoms with Gasteiger partial charge in [0.2, 0.25) is 0 Å². The number of carbonyl (C=O) groups is 1. The van der Waals surface area contributed by atoms with Gasteiger partial charge >= 0.3 is 0 Å². The number of piperazine rings is 1. The molecule has 1 aliphatic heterocycles. The van der Waals surface area contributed by atoms with Gasteiger partial charge in [-0.2, -0.15) is 0 Å². The van der Waals surface area contributed by atoms with E-state index in [1.807, 2.05) is 0 Å². The highest BCUT2D eigenvalue weighted by atomic mass is 35.5. The Labute approximate surface area is 202 Å². The van der Waals surface area contributed by atoms with Crippen LogP contribution in [0.5, 0.6) is 0 Å². The van der Waals surface area contributed by atoms with Gasteiger partial charge in [0.05, 0.1) is 12.3 Å². The average Bonchev–Trinajstić information content (AvgIpc) is 2.83. The van der Waals surface area contributed by atoms with Crippen LogP contribution in [0.15, 0.2) is 42.5 Å². The monoisotopic (exact) mass is 486 g/mol. The van der Waals surface area contributed by atoms with Crippen LogP contribution in [-0.4, -0.2) is 54.1 Å². The Morgan fingerprint density at radius 3 is 2.38 bits per heavy atom. The first-order valence-corrected chi connectivity index (χ1v) is 11.3. The Morgan fingerprint density at radius 1 is 1.03 bits per heavy atom. The highest BCUT2D eigenvalue weighted by Gasteiger charge is 2.27. The molecular weight excluding hydrogens is 462 g/mol. The number of methoxy groups -OCH3 is 1. The molecule has 1 amide bonds. The molecule has 2 heterocycles. The van der Waals surface area contributed by atoms with Crippen molar-refractivity contribution in [3.63, 3.8) is 0 Å². The molecule has 0 N–H and O–H groups in total. The van der Waals surface area contributed by atoms with E-state index in [2.05, 4.69) is 14.9 Å². The molecule has 9 heteroatoms. The van der Waals surface area contributed by atoms with Crippen LogP contribution in [0.4, 0.5) is 14.6 Å². The third-order valence-electron chi connectivity index (χ3n) is 5.84. The number of carbonyl (C=O) groups excluding carboxylic acids is 1. The zero-order valence-electron chi connectivity index (χ0n) is 19.0. The van der Waals surface area contributed by atoms with Crippen molar-refractivity contribution in [1.29, 1.82) is 0 Å². The van der Waals surface area contributed by atoms with Gasteiger partial charge in [0.25, 0.3) is 5.91 Å². The van der Waals surface area contributed by atoms with E-state index in [4.69, 9.17) is 16.3 Å². The Morgan fingerprint density at radius 2 is 1.74 bits per heavy atom.